The zero-order valence-electron chi connectivity index (χ0n) is 10.9. The first kappa shape index (κ1) is 11.0. The number of carbonyl (C=O) groups is 2. The second kappa shape index (κ2) is 3.17. The fraction of sp³-hybridized carbons (Fsp3) is 0.867. The molecule has 0 spiro atoms. The molecule has 0 aromatic heterocycles. The van der Waals surface area contributed by atoms with E-state index in [4.69, 9.17) is 4.74 Å². The van der Waals surface area contributed by atoms with E-state index < -0.39 is 0 Å². The van der Waals surface area contributed by atoms with E-state index in [1.807, 2.05) is 0 Å². The van der Waals surface area contributed by atoms with Gasteiger partial charge in [-0.3, -0.25) is 9.59 Å². The molecule has 0 N–H and O–H groups in total. The van der Waals surface area contributed by atoms with Crippen molar-refractivity contribution in [2.45, 2.75) is 51.9 Å². The molecule has 3 heteroatoms. The Balaban J connectivity index is 1.71. The summed E-state index contributed by atoms with van der Waals surface area (Å²) in [5, 5.41) is 0. The molecular weight excluding hydrogens is 228 g/mol. The molecule has 3 atom stereocenters. The van der Waals surface area contributed by atoms with Gasteiger partial charge in [0.2, 0.25) is 0 Å². The predicted octanol–water partition coefficient (Wildman–Crippen LogP) is 2.68. The van der Waals surface area contributed by atoms with Crippen LogP contribution in [-0.2, 0) is 14.3 Å². The van der Waals surface area contributed by atoms with E-state index in [0.717, 1.165) is 31.1 Å². The molecule has 5 aliphatic rings. The molecule has 98 valence electrons. The fourth-order valence-corrected chi connectivity index (χ4v) is 6.15. The summed E-state index contributed by atoms with van der Waals surface area (Å²) in [6.07, 6.45) is 7.82. The zero-order valence-corrected chi connectivity index (χ0v) is 10.9. The number of hydrogen-bond donors (Lipinski definition) is 0. The normalized spacial score (nSPS) is 53.9. The summed E-state index contributed by atoms with van der Waals surface area (Å²) in [6, 6.07) is 0. The van der Waals surface area contributed by atoms with E-state index in [2.05, 4.69) is 6.92 Å². The van der Waals surface area contributed by atoms with Crippen molar-refractivity contribution in [2.75, 3.05) is 0 Å². The average Bonchev–Trinajstić information content (AvgIpc) is 2.54. The Kier molecular flexibility index (Phi) is 1.94. The summed E-state index contributed by atoms with van der Waals surface area (Å²) in [6.45, 7) is 2.39. The van der Waals surface area contributed by atoms with Crippen LogP contribution in [0.5, 0.6) is 0 Å². The predicted molar refractivity (Wildman–Crippen MR) is 64.4 cm³/mol. The molecule has 3 nitrogen and oxygen atoms in total. The largest absolute Gasteiger partial charge is 0.393 e. The first-order valence-corrected chi connectivity index (χ1v) is 7.23. The molecule has 4 saturated carbocycles. The molecule has 0 aromatic carbocycles. The Labute approximate surface area is 107 Å². The monoisotopic (exact) mass is 248 g/mol. The maximum absolute atomic E-state index is 12.0. The minimum Gasteiger partial charge on any atom is -0.393 e. The van der Waals surface area contributed by atoms with Gasteiger partial charge in [0.25, 0.3) is 0 Å². The second-order valence-corrected chi connectivity index (χ2v) is 7.68. The molecule has 18 heavy (non-hydrogen) atoms. The lowest BCUT2D eigenvalue weighted by atomic mass is 9.42. The third kappa shape index (κ3) is 1.36. The molecule has 1 heterocycles. The molecule has 5 fully saturated rings. The summed E-state index contributed by atoms with van der Waals surface area (Å²) in [7, 11) is 0. The topological polar surface area (TPSA) is 43.4 Å². The third-order valence-electron chi connectivity index (χ3n) is 6.01. The smallest absolute Gasteiger partial charge is 0.317 e. The van der Waals surface area contributed by atoms with Gasteiger partial charge in [0.15, 0.2) is 0 Å². The molecule has 0 radical (unpaired) electrons. The SMILES string of the molecule is CC12CC3CC(C1)CC(C1CC(=O)OC1=O)(C3)C2. The van der Waals surface area contributed by atoms with Gasteiger partial charge < -0.3 is 4.74 Å². The number of carbonyl (C=O) groups excluding carboxylic acids is 2. The Morgan fingerprint density at radius 2 is 1.78 bits per heavy atom. The summed E-state index contributed by atoms with van der Waals surface area (Å²) in [5.41, 5.74) is 0.526. The molecule has 5 rings (SSSR count). The second-order valence-electron chi connectivity index (χ2n) is 7.68. The van der Waals surface area contributed by atoms with Crippen molar-refractivity contribution < 1.29 is 14.3 Å². The third-order valence-corrected chi connectivity index (χ3v) is 6.01. The van der Waals surface area contributed by atoms with Crippen LogP contribution in [0.25, 0.3) is 0 Å². The highest BCUT2D eigenvalue weighted by Crippen LogP contribution is 2.68. The van der Waals surface area contributed by atoms with Gasteiger partial charge in [-0.15, -0.1) is 0 Å². The molecule has 1 saturated heterocycles. The number of cyclic esters (lactones) is 2. The molecule has 1 aliphatic heterocycles. The van der Waals surface area contributed by atoms with Gasteiger partial charge >= 0.3 is 11.9 Å². The maximum atomic E-state index is 12.0. The van der Waals surface area contributed by atoms with E-state index in [-0.39, 0.29) is 23.3 Å². The van der Waals surface area contributed by atoms with Gasteiger partial charge in [0, 0.05) is 0 Å². The summed E-state index contributed by atoms with van der Waals surface area (Å²) < 4.78 is 4.82. The highest BCUT2D eigenvalue weighted by atomic mass is 16.6. The van der Waals surface area contributed by atoms with E-state index in [1.54, 1.807) is 0 Å². The van der Waals surface area contributed by atoms with Gasteiger partial charge in [0.05, 0.1) is 12.3 Å². The Morgan fingerprint density at radius 1 is 1.11 bits per heavy atom. The first-order valence-electron chi connectivity index (χ1n) is 7.23. The van der Waals surface area contributed by atoms with Gasteiger partial charge in [-0.25, -0.2) is 0 Å². The minimum atomic E-state index is -0.300. The summed E-state index contributed by atoms with van der Waals surface area (Å²) in [4.78, 5) is 23.4. The quantitative estimate of drug-likeness (QED) is 0.529. The minimum absolute atomic E-state index is 0.0993. The highest BCUT2D eigenvalue weighted by molar-refractivity contribution is 5.95. The van der Waals surface area contributed by atoms with Gasteiger partial charge in [-0.1, -0.05) is 6.92 Å². The lowest BCUT2D eigenvalue weighted by Crippen LogP contribution is -2.54. The van der Waals surface area contributed by atoms with Crippen LogP contribution in [0.2, 0.25) is 0 Å². The van der Waals surface area contributed by atoms with Crippen LogP contribution >= 0.6 is 0 Å². The molecule has 0 amide bonds. The van der Waals surface area contributed by atoms with Gasteiger partial charge in [-0.05, 0) is 61.2 Å². The van der Waals surface area contributed by atoms with Crippen molar-refractivity contribution in [3.8, 4) is 0 Å². The van der Waals surface area contributed by atoms with Crippen molar-refractivity contribution in [1.29, 1.82) is 0 Å². The van der Waals surface area contributed by atoms with E-state index in [9.17, 15) is 9.59 Å². The first-order chi connectivity index (χ1) is 8.48. The summed E-state index contributed by atoms with van der Waals surface area (Å²) in [5.74, 6) is 0.922. The van der Waals surface area contributed by atoms with Crippen molar-refractivity contribution in [2.24, 2.45) is 28.6 Å². The molecule has 3 unspecified atom stereocenters. The van der Waals surface area contributed by atoms with Crippen molar-refractivity contribution in [1.82, 2.24) is 0 Å². The lowest BCUT2D eigenvalue weighted by Gasteiger charge is -2.62. The maximum Gasteiger partial charge on any atom is 0.317 e. The van der Waals surface area contributed by atoms with E-state index >= 15 is 0 Å². The Bertz CT molecular complexity index is 425. The zero-order chi connectivity index (χ0) is 12.5. The number of hydrogen-bond acceptors (Lipinski definition) is 3. The van der Waals surface area contributed by atoms with E-state index in [0.29, 0.717) is 11.8 Å². The molecular formula is C15H20O3. The standard InChI is InChI=1S/C15H20O3/c1-14-4-9-2-10(5-14)7-15(6-9,8-14)11-3-12(16)18-13(11)17/h9-11H,2-8H2,1H3. The van der Waals surface area contributed by atoms with Crippen molar-refractivity contribution >= 4 is 11.9 Å². The van der Waals surface area contributed by atoms with E-state index in [1.165, 1.54) is 19.3 Å². The van der Waals surface area contributed by atoms with Gasteiger partial charge in [0.1, 0.15) is 0 Å². The summed E-state index contributed by atoms with van der Waals surface area (Å²) >= 11 is 0. The van der Waals surface area contributed by atoms with Crippen molar-refractivity contribution in [3.05, 3.63) is 0 Å². The van der Waals surface area contributed by atoms with Gasteiger partial charge in [-0.2, -0.15) is 0 Å². The Hall–Kier alpha value is -0.860. The number of rotatable bonds is 1. The fourth-order valence-electron chi connectivity index (χ4n) is 6.15. The highest BCUT2D eigenvalue weighted by Gasteiger charge is 2.61. The Morgan fingerprint density at radius 3 is 2.28 bits per heavy atom. The molecule has 4 bridgehead atoms. The van der Waals surface area contributed by atoms with Crippen molar-refractivity contribution in [3.63, 3.8) is 0 Å². The number of esters is 2. The van der Waals surface area contributed by atoms with Crippen LogP contribution in [0.3, 0.4) is 0 Å². The van der Waals surface area contributed by atoms with Crippen LogP contribution in [0.15, 0.2) is 0 Å². The van der Waals surface area contributed by atoms with Crippen LogP contribution in [0.4, 0.5) is 0 Å². The van der Waals surface area contributed by atoms with Crippen LogP contribution in [-0.4, -0.2) is 11.9 Å². The number of ether oxygens (including phenoxy) is 1. The van der Waals surface area contributed by atoms with Crippen LogP contribution in [0, 0.1) is 28.6 Å². The molecule has 4 aliphatic carbocycles. The van der Waals surface area contributed by atoms with Crippen LogP contribution in [0.1, 0.15) is 51.9 Å². The molecule has 0 aromatic rings. The lowest BCUT2D eigenvalue weighted by molar-refractivity contribution is -0.162. The average molecular weight is 248 g/mol. The van der Waals surface area contributed by atoms with Crippen LogP contribution < -0.4 is 0 Å².